The van der Waals surface area contributed by atoms with Crippen LogP contribution in [0.25, 0.3) is 0 Å². The van der Waals surface area contributed by atoms with E-state index in [1.807, 2.05) is 0 Å². The molecule has 2 aliphatic rings. The van der Waals surface area contributed by atoms with Crippen molar-refractivity contribution in [2.45, 2.75) is 32.9 Å². The number of piperazine rings is 1. The summed E-state index contributed by atoms with van der Waals surface area (Å²) in [6.07, 6.45) is 1.30. The van der Waals surface area contributed by atoms with Gasteiger partial charge in [-0.15, -0.1) is 10.2 Å². The van der Waals surface area contributed by atoms with Crippen molar-refractivity contribution < 1.29 is 9.53 Å². The number of hydrogen-bond acceptors (Lipinski definition) is 7. The molecular weight excluding hydrogens is 350 g/mol. The van der Waals surface area contributed by atoms with E-state index in [2.05, 4.69) is 50.4 Å². The highest BCUT2D eigenvalue weighted by atomic mass is 32.1. The van der Waals surface area contributed by atoms with Crippen molar-refractivity contribution in [1.82, 2.24) is 15.1 Å². The first-order valence-electron chi connectivity index (χ1n) is 8.93. The van der Waals surface area contributed by atoms with Crippen molar-refractivity contribution in [3.05, 3.63) is 29.3 Å². The van der Waals surface area contributed by atoms with Crippen LogP contribution in [0.5, 0.6) is 5.75 Å². The fourth-order valence-corrected chi connectivity index (χ4v) is 4.29. The Morgan fingerprint density at radius 2 is 2.12 bits per heavy atom. The van der Waals surface area contributed by atoms with E-state index in [0.717, 1.165) is 50.0 Å². The summed E-state index contributed by atoms with van der Waals surface area (Å²) < 4.78 is 5.87. The Morgan fingerprint density at radius 1 is 1.31 bits per heavy atom. The Labute approximate surface area is 157 Å². The second-order valence-corrected chi connectivity index (χ2v) is 7.86. The normalized spacial score (nSPS) is 19.9. The Bertz CT molecular complexity index is 801. The van der Waals surface area contributed by atoms with Crippen LogP contribution in [0.3, 0.4) is 0 Å². The number of rotatable bonds is 4. The number of hydrogen-bond donors (Lipinski definition) is 1. The summed E-state index contributed by atoms with van der Waals surface area (Å²) in [5.74, 6) is 0.929. The van der Waals surface area contributed by atoms with Crippen molar-refractivity contribution in [3.8, 4) is 5.75 Å². The van der Waals surface area contributed by atoms with E-state index in [1.165, 1.54) is 29.4 Å². The van der Waals surface area contributed by atoms with Gasteiger partial charge in [0.2, 0.25) is 16.2 Å². The smallest absolute Gasteiger partial charge is 0.223 e. The summed E-state index contributed by atoms with van der Waals surface area (Å²) >= 11 is 1.42. The molecule has 3 heterocycles. The number of fused-ring (bicyclic) bond motifs is 1. The van der Waals surface area contributed by atoms with Crippen LogP contribution in [0, 0.1) is 0 Å². The highest BCUT2D eigenvalue weighted by Gasteiger charge is 2.22. The number of carbonyl (C=O) groups is 1. The van der Waals surface area contributed by atoms with Gasteiger partial charge >= 0.3 is 0 Å². The van der Waals surface area contributed by atoms with Crippen LogP contribution < -0.4 is 15.0 Å². The highest BCUT2D eigenvalue weighted by Crippen LogP contribution is 2.30. The molecular formula is C18H23N5O2S. The lowest BCUT2D eigenvalue weighted by atomic mass is 10.1. The fraction of sp³-hybridized carbons (Fsp3) is 0.500. The Hall–Kier alpha value is -2.19. The number of aromatic nitrogens is 2. The van der Waals surface area contributed by atoms with Gasteiger partial charge in [-0.2, -0.15) is 0 Å². The maximum absolute atomic E-state index is 11.1. The van der Waals surface area contributed by atoms with Crippen molar-refractivity contribution in [3.63, 3.8) is 0 Å². The number of amides is 1. The molecule has 7 nitrogen and oxygen atoms in total. The predicted octanol–water partition coefficient (Wildman–Crippen LogP) is 2.14. The molecule has 1 N–H and O–H groups in total. The summed E-state index contributed by atoms with van der Waals surface area (Å²) in [5.41, 5.74) is 2.62. The maximum Gasteiger partial charge on any atom is 0.223 e. The minimum atomic E-state index is -0.120. The molecule has 26 heavy (non-hydrogen) atoms. The summed E-state index contributed by atoms with van der Waals surface area (Å²) in [6, 6.07) is 6.61. The van der Waals surface area contributed by atoms with Gasteiger partial charge in [-0.05, 0) is 24.1 Å². The van der Waals surface area contributed by atoms with Crippen LogP contribution in [-0.4, -0.2) is 53.3 Å². The number of nitrogens with one attached hydrogen (secondary N) is 1. The molecule has 1 fully saturated rings. The van der Waals surface area contributed by atoms with Crippen molar-refractivity contribution in [2.75, 3.05) is 36.4 Å². The zero-order chi connectivity index (χ0) is 18.1. The van der Waals surface area contributed by atoms with Gasteiger partial charge in [0.1, 0.15) is 11.9 Å². The largest absolute Gasteiger partial charge is 0.490 e. The third-order valence-electron chi connectivity index (χ3n) is 4.71. The van der Waals surface area contributed by atoms with Gasteiger partial charge in [0.05, 0.1) is 0 Å². The highest BCUT2D eigenvalue weighted by molar-refractivity contribution is 7.19. The Morgan fingerprint density at radius 3 is 2.88 bits per heavy atom. The van der Waals surface area contributed by atoms with Gasteiger partial charge in [0, 0.05) is 46.1 Å². The van der Waals surface area contributed by atoms with E-state index in [9.17, 15) is 4.79 Å². The summed E-state index contributed by atoms with van der Waals surface area (Å²) in [6.45, 7) is 8.30. The van der Waals surface area contributed by atoms with E-state index in [4.69, 9.17) is 4.74 Å². The zero-order valence-corrected chi connectivity index (χ0v) is 15.9. The van der Waals surface area contributed by atoms with Gasteiger partial charge in [-0.25, -0.2) is 0 Å². The molecule has 4 rings (SSSR count). The van der Waals surface area contributed by atoms with Crippen LogP contribution >= 0.6 is 11.3 Å². The van der Waals surface area contributed by atoms with E-state index < -0.39 is 0 Å². The second-order valence-electron chi connectivity index (χ2n) is 6.91. The number of benzene rings is 1. The molecule has 0 saturated carbocycles. The molecule has 0 radical (unpaired) electrons. The van der Waals surface area contributed by atoms with Gasteiger partial charge in [0.25, 0.3) is 0 Å². The average Bonchev–Trinajstić information content (AvgIpc) is 3.20. The van der Waals surface area contributed by atoms with Gasteiger partial charge in [0.15, 0.2) is 0 Å². The first kappa shape index (κ1) is 17.2. The summed E-state index contributed by atoms with van der Waals surface area (Å²) in [4.78, 5) is 15.8. The van der Waals surface area contributed by atoms with Crippen LogP contribution in [-0.2, 0) is 17.8 Å². The van der Waals surface area contributed by atoms with E-state index in [1.54, 1.807) is 0 Å². The second kappa shape index (κ2) is 7.20. The molecule has 0 aliphatic carbocycles. The minimum absolute atomic E-state index is 0.120. The standard InChI is InChI=1S/C18H23N5O2S/c1-12-9-15-4-3-14(10-16(15)25-12)11-22-5-7-23(8-6-22)18-21-20-17(26-18)19-13(2)24/h3-4,10,12H,5-9,11H2,1-2H3,(H,19,20,24)/t12-/m0/s1. The first-order valence-corrected chi connectivity index (χ1v) is 9.75. The molecule has 2 aliphatic heterocycles. The number of nitrogens with zero attached hydrogens (tertiary/aromatic N) is 4. The lowest BCUT2D eigenvalue weighted by Gasteiger charge is -2.34. The third-order valence-corrected chi connectivity index (χ3v) is 5.61. The molecule has 1 aromatic heterocycles. The Balaban J connectivity index is 1.32. The number of ether oxygens (including phenoxy) is 1. The summed E-state index contributed by atoms with van der Waals surface area (Å²) in [7, 11) is 0. The molecule has 8 heteroatoms. The molecule has 138 valence electrons. The monoisotopic (exact) mass is 373 g/mol. The van der Waals surface area contributed by atoms with Crippen molar-refractivity contribution in [1.29, 1.82) is 0 Å². The molecule has 1 saturated heterocycles. The van der Waals surface area contributed by atoms with Gasteiger partial charge in [-0.1, -0.05) is 23.5 Å². The Kier molecular flexibility index (Phi) is 4.78. The number of carbonyl (C=O) groups excluding carboxylic acids is 1. The van der Waals surface area contributed by atoms with Crippen LogP contribution in [0.4, 0.5) is 10.3 Å². The minimum Gasteiger partial charge on any atom is -0.490 e. The van der Waals surface area contributed by atoms with Gasteiger partial charge in [-0.3, -0.25) is 9.69 Å². The molecule has 0 spiro atoms. The van der Waals surface area contributed by atoms with Crippen molar-refractivity contribution in [2.24, 2.45) is 0 Å². The molecule has 1 amide bonds. The molecule has 0 bridgehead atoms. The maximum atomic E-state index is 11.1. The molecule has 2 aromatic rings. The van der Waals surface area contributed by atoms with Gasteiger partial charge < -0.3 is 15.0 Å². The molecule has 0 unspecified atom stereocenters. The van der Waals surface area contributed by atoms with E-state index >= 15 is 0 Å². The number of anilines is 2. The summed E-state index contributed by atoms with van der Waals surface area (Å²) in [5, 5.41) is 12.3. The molecule has 1 atom stereocenters. The predicted molar refractivity (Wildman–Crippen MR) is 102 cm³/mol. The van der Waals surface area contributed by atoms with E-state index in [0.29, 0.717) is 5.13 Å². The average molecular weight is 373 g/mol. The van der Waals surface area contributed by atoms with Crippen molar-refractivity contribution >= 4 is 27.5 Å². The topological polar surface area (TPSA) is 70.6 Å². The zero-order valence-electron chi connectivity index (χ0n) is 15.1. The van der Waals surface area contributed by atoms with Crippen LogP contribution in [0.1, 0.15) is 25.0 Å². The third kappa shape index (κ3) is 3.81. The molecule has 1 aromatic carbocycles. The quantitative estimate of drug-likeness (QED) is 0.885. The first-order chi connectivity index (χ1) is 12.6. The van der Waals surface area contributed by atoms with Crippen LogP contribution in [0.2, 0.25) is 0 Å². The van der Waals surface area contributed by atoms with Crippen LogP contribution in [0.15, 0.2) is 18.2 Å². The SMILES string of the molecule is CC(=O)Nc1nnc(N2CCN(Cc3ccc4c(c3)O[C@@H](C)C4)CC2)s1. The van der Waals surface area contributed by atoms with E-state index in [-0.39, 0.29) is 12.0 Å². The lowest BCUT2D eigenvalue weighted by molar-refractivity contribution is -0.114. The lowest BCUT2D eigenvalue weighted by Crippen LogP contribution is -2.45. The fourth-order valence-electron chi connectivity index (χ4n) is 3.44.